The summed E-state index contributed by atoms with van der Waals surface area (Å²) in [5, 5.41) is 9.69. The molecule has 6 aliphatic rings. The Morgan fingerprint density at radius 1 is 0.540 bits per heavy atom. The van der Waals surface area contributed by atoms with E-state index in [-0.39, 0.29) is 59.6 Å². The first-order valence-corrected chi connectivity index (χ1v) is 35.0. The number of halogens is 6. The maximum Gasteiger partial charge on any atom is 0.410 e. The molecule has 0 aliphatic carbocycles. The number of carbonyl (C=O) groups excluding carboxylic acids is 6. The molecule has 2 saturated heterocycles. The fourth-order valence-electron chi connectivity index (χ4n) is 14.3. The van der Waals surface area contributed by atoms with E-state index < -0.39 is 96.1 Å². The summed E-state index contributed by atoms with van der Waals surface area (Å²) >= 11 is 2.46. The molecule has 0 radical (unpaired) electrons. The van der Waals surface area contributed by atoms with Crippen molar-refractivity contribution >= 4 is 68.8 Å². The summed E-state index contributed by atoms with van der Waals surface area (Å²) in [6.07, 6.45) is 0.825. The predicted molar refractivity (Wildman–Crippen MR) is 362 cm³/mol. The van der Waals surface area contributed by atoms with Gasteiger partial charge >= 0.3 is 12.2 Å². The average Bonchev–Trinajstić information content (AvgIpc) is 1.59. The van der Waals surface area contributed by atoms with Crippen molar-refractivity contribution in [2.45, 2.75) is 167 Å². The van der Waals surface area contributed by atoms with Crippen molar-refractivity contribution in [2.75, 3.05) is 36.8 Å². The average molecular weight is 1410 g/mol. The Morgan fingerprint density at radius 3 is 1.27 bits per heavy atom. The van der Waals surface area contributed by atoms with Crippen LogP contribution in [-0.4, -0.2) is 134 Å². The second-order valence-corrected chi connectivity index (χ2v) is 29.6. The van der Waals surface area contributed by atoms with Crippen molar-refractivity contribution in [3.63, 3.8) is 0 Å². The number of alkyl halides is 6. The van der Waals surface area contributed by atoms with E-state index in [0.717, 1.165) is 48.4 Å². The lowest BCUT2D eigenvalue weighted by atomic mass is 9.87. The fourth-order valence-corrected chi connectivity index (χ4v) is 15.3. The smallest absolute Gasteiger partial charge is 0.410 e. The normalized spacial score (nSPS) is 19.5. The van der Waals surface area contributed by atoms with E-state index in [2.05, 4.69) is 30.6 Å². The second kappa shape index (κ2) is 27.9. The molecule has 100 heavy (non-hydrogen) atoms. The quantitative estimate of drug-likeness (QED) is 0.0972. The monoisotopic (exact) mass is 1410 g/mol. The van der Waals surface area contributed by atoms with Crippen LogP contribution in [0, 0.1) is 0 Å². The number of thiazole rings is 2. The number of amides is 6. The molecule has 0 bridgehead atoms. The molecular formula is C72H74F6N12O8S2. The van der Waals surface area contributed by atoms with Crippen LogP contribution < -0.4 is 10.6 Å². The highest BCUT2D eigenvalue weighted by Gasteiger charge is 2.46. The number of hydrogen-bond donors (Lipinski definition) is 2. The summed E-state index contributed by atoms with van der Waals surface area (Å²) < 4.78 is 104. The number of anilines is 2. The third-order valence-electron chi connectivity index (χ3n) is 19.0. The molecule has 8 aromatic rings. The topological polar surface area (TPSA) is 219 Å². The number of fused-ring (bicyclic) bond motifs is 4. The first-order chi connectivity index (χ1) is 47.7. The summed E-state index contributed by atoms with van der Waals surface area (Å²) in [6, 6.07) is 17.6. The Bertz CT molecular complexity index is 4130. The van der Waals surface area contributed by atoms with Gasteiger partial charge in [-0.2, -0.15) is 0 Å². The number of piperidine rings is 2. The number of nitrogens with one attached hydrogen (secondary N) is 2. The standard InChI is InChI=1S/2C36H37F3N6O4S/c2*1-36(2,3)49-35(48)43-13-10-23(27(37)18-43)21-8-6-20(7-9-21)22-15-24(31(38)39)26-17-45(33(47)25(26)16-22)30(32(46)42-34-40-11-14-50-34)29-28-5-4-12-44(28)19-41-29/h2*6-9,11,14-16,19,23,27,30-31H,4-5,10,12-13,17-18H2,1-3H3,(H,40,42,46)/t2*23-,27+,30?/m10/s1. The van der Waals surface area contributed by atoms with Gasteiger partial charge in [0.05, 0.1) is 37.1 Å². The Hall–Kier alpha value is -9.44. The molecule has 28 heteroatoms. The van der Waals surface area contributed by atoms with Crippen molar-refractivity contribution in [1.82, 2.24) is 48.7 Å². The van der Waals surface area contributed by atoms with E-state index in [1.54, 1.807) is 138 Å². The van der Waals surface area contributed by atoms with E-state index in [0.29, 0.717) is 82.7 Å². The van der Waals surface area contributed by atoms with Crippen LogP contribution in [0.25, 0.3) is 22.3 Å². The lowest BCUT2D eigenvalue weighted by Crippen LogP contribution is -2.46. The summed E-state index contributed by atoms with van der Waals surface area (Å²) in [7, 11) is 0. The summed E-state index contributed by atoms with van der Waals surface area (Å²) in [5.74, 6) is -3.04. The molecule has 6 atom stereocenters. The van der Waals surface area contributed by atoms with Gasteiger partial charge in [-0.25, -0.2) is 55.9 Å². The molecule has 0 spiro atoms. The van der Waals surface area contributed by atoms with Gasteiger partial charge in [-0.1, -0.05) is 48.5 Å². The zero-order valence-corrected chi connectivity index (χ0v) is 57.4. The molecule has 2 fully saturated rings. The van der Waals surface area contributed by atoms with Crippen LogP contribution in [0.3, 0.4) is 0 Å². The SMILES string of the molecule is CC(C)(C)OC(=O)N1CC[C@@H](c2ccc(-c3cc4c(c(C(F)F)c3)CN(C(C(=O)Nc3nccs3)c3ncn5c3CCC5)C4=O)cc2)[C@H](F)C1.CC(C)(C)OC(=O)N1CC[C@H](c2ccc(-c3cc4c(c(C(F)F)c3)CN(C(C(=O)Nc3nccs3)c3ncn5c3CCC5)C4=O)cc2)[C@@H](F)C1. The van der Waals surface area contributed by atoms with Crippen LogP contribution >= 0.6 is 22.7 Å². The lowest BCUT2D eigenvalue weighted by Gasteiger charge is -2.35. The molecule has 2 N–H and O–H groups in total. The molecule has 4 aromatic carbocycles. The maximum absolute atomic E-state index is 15.4. The van der Waals surface area contributed by atoms with Crippen molar-refractivity contribution < 1.29 is 64.6 Å². The second-order valence-electron chi connectivity index (χ2n) is 27.8. The van der Waals surface area contributed by atoms with Crippen molar-refractivity contribution in [3.05, 3.63) is 176 Å². The number of likely N-dealkylation sites (tertiary alicyclic amines) is 2. The van der Waals surface area contributed by atoms with Crippen LogP contribution in [0.2, 0.25) is 0 Å². The van der Waals surface area contributed by atoms with Crippen LogP contribution in [0.4, 0.5) is 46.2 Å². The zero-order chi connectivity index (χ0) is 70.6. The first-order valence-electron chi connectivity index (χ1n) is 33.2. The number of carbonyl (C=O) groups is 6. The van der Waals surface area contributed by atoms with Gasteiger partial charge in [0.2, 0.25) is 0 Å². The van der Waals surface area contributed by atoms with Crippen LogP contribution in [0.1, 0.15) is 181 Å². The van der Waals surface area contributed by atoms with Crippen LogP contribution in [-0.2, 0) is 58.1 Å². The first kappa shape index (κ1) is 69.1. The Labute approximate surface area is 580 Å². The number of benzene rings is 4. The number of nitrogens with zero attached hydrogens (tertiary/aromatic N) is 10. The number of aryl methyl sites for hydroxylation is 2. The Morgan fingerprint density at radius 2 is 0.930 bits per heavy atom. The van der Waals surface area contributed by atoms with E-state index >= 15 is 8.78 Å². The number of aromatic nitrogens is 6. The van der Waals surface area contributed by atoms with Crippen molar-refractivity contribution in [2.24, 2.45) is 0 Å². The van der Waals surface area contributed by atoms with Crippen molar-refractivity contribution in [3.8, 4) is 22.3 Å². The molecule has 4 aromatic heterocycles. The Kier molecular flexibility index (Phi) is 19.3. The highest BCUT2D eigenvalue weighted by Crippen LogP contribution is 2.45. The number of rotatable bonds is 14. The highest BCUT2D eigenvalue weighted by molar-refractivity contribution is 7.14. The third-order valence-corrected chi connectivity index (χ3v) is 20.3. The molecule has 6 amide bonds. The van der Waals surface area contributed by atoms with E-state index in [1.165, 1.54) is 54.4 Å². The number of hydrogen-bond acceptors (Lipinski definition) is 14. The summed E-state index contributed by atoms with van der Waals surface area (Å²) in [6.45, 7) is 12.2. The van der Waals surface area contributed by atoms with Crippen LogP contribution in [0.5, 0.6) is 0 Å². The van der Waals surface area contributed by atoms with E-state index in [9.17, 15) is 46.3 Å². The van der Waals surface area contributed by atoms with Crippen molar-refractivity contribution in [1.29, 1.82) is 0 Å². The Balaban J connectivity index is 0.000000179. The van der Waals surface area contributed by atoms with Crippen LogP contribution in [0.15, 0.2) is 109 Å². The number of ether oxygens (including phenoxy) is 2. The fraction of sp³-hybridized carbons (Fsp3) is 0.417. The zero-order valence-electron chi connectivity index (χ0n) is 55.7. The van der Waals surface area contributed by atoms with Gasteiger partial charge in [-0.05, 0) is 149 Å². The minimum Gasteiger partial charge on any atom is -0.444 e. The minimum atomic E-state index is -2.88. The van der Waals surface area contributed by atoms with E-state index in [1.807, 2.05) is 9.13 Å². The molecule has 0 saturated carbocycles. The molecule has 14 rings (SSSR count). The maximum atomic E-state index is 15.4. The van der Waals surface area contributed by atoms with Gasteiger partial charge in [0.1, 0.15) is 23.5 Å². The molecule has 6 aliphatic heterocycles. The van der Waals surface area contributed by atoms with Gasteiger partial charge in [-0.3, -0.25) is 29.8 Å². The minimum absolute atomic E-state index is 0.0902. The summed E-state index contributed by atoms with van der Waals surface area (Å²) in [4.78, 5) is 104. The molecular weight excluding hydrogens is 1340 g/mol. The molecule has 524 valence electrons. The highest BCUT2D eigenvalue weighted by atomic mass is 32.1. The van der Waals surface area contributed by atoms with Gasteiger partial charge in [0.25, 0.3) is 36.5 Å². The predicted octanol–water partition coefficient (Wildman–Crippen LogP) is 14.6. The van der Waals surface area contributed by atoms with E-state index in [4.69, 9.17) is 9.47 Å². The van der Waals surface area contributed by atoms with Gasteiger partial charge in [-0.15, -0.1) is 22.7 Å². The lowest BCUT2D eigenvalue weighted by molar-refractivity contribution is -0.121. The van der Waals surface area contributed by atoms with Gasteiger partial charge in [0.15, 0.2) is 22.3 Å². The van der Waals surface area contributed by atoms with Gasteiger partial charge in [0, 0.05) is 108 Å². The molecule has 20 nitrogen and oxygen atoms in total. The molecule has 2 unspecified atom stereocenters. The largest absolute Gasteiger partial charge is 0.444 e. The third kappa shape index (κ3) is 14.2. The molecule has 10 heterocycles. The van der Waals surface area contributed by atoms with Gasteiger partial charge < -0.3 is 38.2 Å². The number of imidazole rings is 2. The summed E-state index contributed by atoms with van der Waals surface area (Å²) in [5.41, 5.74) is 4.57.